The lowest BCUT2D eigenvalue weighted by Crippen LogP contribution is -2.49. The summed E-state index contributed by atoms with van der Waals surface area (Å²) in [5, 5.41) is 9.82. The summed E-state index contributed by atoms with van der Waals surface area (Å²) in [4.78, 5) is 27.9. The van der Waals surface area contributed by atoms with Crippen molar-refractivity contribution in [1.82, 2.24) is 24.7 Å². The van der Waals surface area contributed by atoms with E-state index in [-0.39, 0.29) is 30.6 Å². The van der Waals surface area contributed by atoms with E-state index >= 15 is 0 Å². The van der Waals surface area contributed by atoms with Gasteiger partial charge in [0.05, 0.1) is 19.2 Å². The van der Waals surface area contributed by atoms with Crippen molar-refractivity contribution in [3.05, 3.63) is 53.5 Å². The molecule has 0 saturated heterocycles. The molecule has 0 aromatic carbocycles. The molecule has 8 nitrogen and oxygen atoms in total. The monoisotopic (exact) mass is 465 g/mol. The maximum Gasteiger partial charge on any atom is 0.259 e. The van der Waals surface area contributed by atoms with Gasteiger partial charge in [-0.1, -0.05) is 18.8 Å². The van der Waals surface area contributed by atoms with Crippen LogP contribution in [0.2, 0.25) is 0 Å². The fraction of sp³-hybridized carbons (Fsp3) is 0.500. The van der Waals surface area contributed by atoms with Crippen LogP contribution in [-0.4, -0.2) is 95.2 Å². The van der Waals surface area contributed by atoms with Crippen LogP contribution in [0.1, 0.15) is 35.3 Å². The zero-order chi connectivity index (χ0) is 24.7. The van der Waals surface area contributed by atoms with Gasteiger partial charge >= 0.3 is 0 Å². The molecule has 0 saturated carbocycles. The molecule has 3 atom stereocenters. The Morgan fingerprint density at radius 2 is 2.03 bits per heavy atom. The minimum atomic E-state index is -0.320. The molecule has 8 heteroatoms. The fourth-order valence-electron chi connectivity index (χ4n) is 3.86. The van der Waals surface area contributed by atoms with Crippen LogP contribution in [0.5, 0.6) is 5.88 Å². The van der Waals surface area contributed by atoms with Gasteiger partial charge in [0.1, 0.15) is 11.7 Å². The number of carbonyl (C=O) groups excluding carboxylic acids is 1. The van der Waals surface area contributed by atoms with Crippen molar-refractivity contribution in [2.45, 2.75) is 32.5 Å². The largest absolute Gasteiger partial charge is 0.472 e. The molecule has 0 fully saturated rings. The Balaban J connectivity index is 1.89. The summed E-state index contributed by atoms with van der Waals surface area (Å²) < 4.78 is 6.36. The maximum absolute atomic E-state index is 13.5. The third kappa shape index (κ3) is 6.76. The molecule has 1 amide bonds. The quantitative estimate of drug-likeness (QED) is 0.624. The molecular weight excluding hydrogens is 430 g/mol. The number of aliphatic hydroxyl groups excluding tert-OH is 1. The van der Waals surface area contributed by atoms with Crippen LogP contribution < -0.4 is 4.74 Å². The first-order chi connectivity index (χ1) is 16.3. The highest BCUT2D eigenvalue weighted by Crippen LogP contribution is 2.27. The van der Waals surface area contributed by atoms with Crippen LogP contribution in [0, 0.1) is 17.8 Å². The third-order valence-corrected chi connectivity index (χ3v) is 5.84. The first-order valence-electron chi connectivity index (χ1n) is 11.6. The molecule has 0 radical (unpaired) electrons. The van der Waals surface area contributed by atoms with Crippen molar-refractivity contribution in [3.63, 3.8) is 0 Å². The van der Waals surface area contributed by atoms with Crippen molar-refractivity contribution >= 4 is 5.91 Å². The SMILES string of the molecule is C[C@@H]1CN([C@@H](C)CO)C(=O)c2cc(C#CCN(C)C)cnc2O[C@@H]1CN(C)Cc1ccncc1. The second kappa shape index (κ2) is 11.9. The first-order valence-corrected chi connectivity index (χ1v) is 11.6. The molecule has 0 aliphatic carbocycles. The number of hydrogen-bond acceptors (Lipinski definition) is 7. The summed E-state index contributed by atoms with van der Waals surface area (Å²) >= 11 is 0. The molecule has 1 N–H and O–H groups in total. The number of rotatable bonds is 7. The zero-order valence-electron chi connectivity index (χ0n) is 20.7. The van der Waals surface area contributed by atoms with Crippen LogP contribution in [0.3, 0.4) is 0 Å². The summed E-state index contributed by atoms with van der Waals surface area (Å²) in [6.07, 6.45) is 5.04. The average molecular weight is 466 g/mol. The molecule has 34 heavy (non-hydrogen) atoms. The number of aromatic nitrogens is 2. The molecule has 0 spiro atoms. The van der Waals surface area contributed by atoms with Crippen molar-refractivity contribution in [2.24, 2.45) is 5.92 Å². The summed E-state index contributed by atoms with van der Waals surface area (Å²) in [5.41, 5.74) is 2.21. The van der Waals surface area contributed by atoms with Gasteiger partial charge in [-0.25, -0.2) is 4.98 Å². The van der Waals surface area contributed by atoms with Crippen LogP contribution >= 0.6 is 0 Å². The molecular formula is C26H35N5O3. The topological polar surface area (TPSA) is 82.0 Å². The van der Waals surface area contributed by atoms with E-state index < -0.39 is 0 Å². The first kappa shape index (κ1) is 25.6. The number of hydrogen-bond donors (Lipinski definition) is 1. The summed E-state index contributed by atoms with van der Waals surface area (Å²) in [7, 11) is 5.95. The number of amides is 1. The van der Waals surface area contributed by atoms with Gasteiger partial charge < -0.3 is 14.7 Å². The highest BCUT2D eigenvalue weighted by Gasteiger charge is 2.34. The zero-order valence-corrected chi connectivity index (χ0v) is 20.7. The molecule has 3 heterocycles. The van der Waals surface area contributed by atoms with Crippen LogP contribution in [0.15, 0.2) is 36.8 Å². The molecule has 1 aliphatic rings. The Hall–Kier alpha value is -2.99. The Labute approximate surface area is 202 Å². The van der Waals surface area contributed by atoms with Crippen molar-refractivity contribution in [3.8, 4) is 17.7 Å². The third-order valence-electron chi connectivity index (χ3n) is 5.84. The van der Waals surface area contributed by atoms with Gasteiger partial charge in [-0.3, -0.25) is 19.6 Å². The van der Waals surface area contributed by atoms with E-state index in [0.29, 0.717) is 36.6 Å². The number of likely N-dealkylation sites (N-methyl/N-ethyl adjacent to an activating group) is 1. The van der Waals surface area contributed by atoms with Gasteiger partial charge in [0.2, 0.25) is 5.88 Å². The van der Waals surface area contributed by atoms with Gasteiger partial charge in [-0.05, 0) is 51.8 Å². The average Bonchev–Trinajstić information content (AvgIpc) is 2.81. The van der Waals surface area contributed by atoms with E-state index in [0.717, 1.165) is 6.54 Å². The fourth-order valence-corrected chi connectivity index (χ4v) is 3.86. The Bertz CT molecular complexity index is 1020. The number of aliphatic hydroxyl groups is 1. The van der Waals surface area contributed by atoms with Crippen LogP contribution in [0.4, 0.5) is 0 Å². The smallest absolute Gasteiger partial charge is 0.259 e. The Morgan fingerprint density at radius 3 is 2.71 bits per heavy atom. The normalized spacial score (nSPS) is 19.1. The molecule has 0 unspecified atom stereocenters. The van der Waals surface area contributed by atoms with Gasteiger partial charge in [-0.15, -0.1) is 0 Å². The summed E-state index contributed by atoms with van der Waals surface area (Å²) in [6, 6.07) is 5.42. The number of pyridine rings is 2. The van der Waals surface area contributed by atoms with Crippen molar-refractivity contribution in [1.29, 1.82) is 0 Å². The number of fused-ring (bicyclic) bond motifs is 1. The van der Waals surface area contributed by atoms with E-state index in [1.54, 1.807) is 29.6 Å². The van der Waals surface area contributed by atoms with Gasteiger partial charge in [-0.2, -0.15) is 0 Å². The molecule has 0 bridgehead atoms. The molecule has 2 aromatic rings. The van der Waals surface area contributed by atoms with Crippen molar-refractivity contribution < 1.29 is 14.6 Å². The van der Waals surface area contributed by atoms with E-state index in [1.165, 1.54) is 5.56 Å². The molecule has 182 valence electrons. The maximum atomic E-state index is 13.5. The Morgan fingerprint density at radius 1 is 1.29 bits per heavy atom. The second-order valence-electron chi connectivity index (χ2n) is 9.29. The summed E-state index contributed by atoms with van der Waals surface area (Å²) in [5.74, 6) is 6.31. The number of carbonyl (C=O) groups is 1. The minimum absolute atomic E-state index is 0.0346. The standard InChI is InChI=1S/C26H35N5O3/c1-19-15-31(20(2)18-32)26(33)23-13-22(7-6-12-29(3)4)14-28-25(23)34-24(19)17-30(5)16-21-8-10-27-11-9-21/h8-11,13-14,19-20,24,32H,12,15-18H2,1-5H3/t19-,20+,24-/m1/s1. The van der Waals surface area contributed by atoms with Crippen LogP contribution in [0.25, 0.3) is 0 Å². The van der Waals surface area contributed by atoms with Gasteiger partial charge in [0.25, 0.3) is 5.91 Å². The predicted molar refractivity (Wildman–Crippen MR) is 131 cm³/mol. The summed E-state index contributed by atoms with van der Waals surface area (Å²) in [6.45, 7) is 6.31. The number of nitrogens with zero attached hydrogens (tertiary/aromatic N) is 5. The second-order valence-corrected chi connectivity index (χ2v) is 9.29. The highest BCUT2D eigenvalue weighted by molar-refractivity contribution is 5.97. The van der Waals surface area contributed by atoms with Crippen molar-refractivity contribution in [2.75, 3.05) is 47.4 Å². The predicted octanol–water partition coefficient (Wildman–Crippen LogP) is 1.74. The minimum Gasteiger partial charge on any atom is -0.472 e. The Kier molecular flexibility index (Phi) is 8.99. The lowest BCUT2D eigenvalue weighted by molar-refractivity contribution is 0.0325. The van der Waals surface area contributed by atoms with E-state index in [9.17, 15) is 9.90 Å². The highest BCUT2D eigenvalue weighted by atomic mass is 16.5. The molecule has 2 aromatic heterocycles. The van der Waals surface area contributed by atoms with E-state index in [1.807, 2.05) is 45.1 Å². The number of ether oxygens (including phenoxy) is 1. The van der Waals surface area contributed by atoms with Gasteiger partial charge in [0, 0.05) is 49.7 Å². The lowest BCUT2D eigenvalue weighted by Gasteiger charge is -2.37. The molecule has 1 aliphatic heterocycles. The van der Waals surface area contributed by atoms with Crippen LogP contribution in [-0.2, 0) is 6.54 Å². The molecule has 3 rings (SSSR count). The lowest BCUT2D eigenvalue weighted by atomic mass is 9.99. The van der Waals surface area contributed by atoms with Gasteiger partial charge in [0.15, 0.2) is 0 Å². The van der Waals surface area contributed by atoms with E-state index in [4.69, 9.17) is 4.74 Å². The van der Waals surface area contributed by atoms with E-state index in [2.05, 4.69) is 33.6 Å².